The predicted octanol–water partition coefficient (Wildman–Crippen LogP) is -1.08. The Hall–Kier alpha value is -1.48. The van der Waals surface area contributed by atoms with Gasteiger partial charge in [-0.1, -0.05) is 0 Å². The van der Waals surface area contributed by atoms with Gasteiger partial charge in [-0.05, 0) is 18.4 Å². The zero-order chi connectivity index (χ0) is 15.7. The number of rotatable bonds is 7. The zero-order valence-corrected chi connectivity index (χ0v) is 12.9. The van der Waals surface area contributed by atoms with Crippen molar-refractivity contribution in [1.29, 1.82) is 0 Å². The van der Waals surface area contributed by atoms with E-state index in [1.165, 1.54) is 11.8 Å². The van der Waals surface area contributed by atoms with Crippen molar-refractivity contribution in [3.63, 3.8) is 0 Å². The molecule has 0 aromatic heterocycles. The van der Waals surface area contributed by atoms with Gasteiger partial charge in [0.05, 0.1) is 6.54 Å². The fourth-order valence-corrected chi connectivity index (χ4v) is 2.36. The number of carboxylic acids is 1. The summed E-state index contributed by atoms with van der Waals surface area (Å²) in [6.45, 7) is 2.60. The van der Waals surface area contributed by atoms with E-state index in [1.807, 2.05) is 6.26 Å². The maximum absolute atomic E-state index is 11.8. The van der Waals surface area contributed by atoms with Crippen LogP contribution in [0.2, 0.25) is 0 Å². The maximum Gasteiger partial charge on any atom is 0.326 e. The minimum atomic E-state index is -1.08. The zero-order valence-electron chi connectivity index (χ0n) is 12.1. The number of aliphatic carboxylic acids is 1. The highest BCUT2D eigenvalue weighted by molar-refractivity contribution is 7.98. The number of nitrogens with zero attached hydrogens (tertiary/aromatic N) is 1. The van der Waals surface area contributed by atoms with E-state index in [1.54, 1.807) is 4.90 Å². The summed E-state index contributed by atoms with van der Waals surface area (Å²) in [6.07, 6.45) is 2.21. The standard InChI is InChI=1S/C12H22N4O4S/c1-21-7-2-9(11(18)19)15-12(20)14-8-10(17)16-5-3-13-4-6-16/h9,13H,2-8H2,1H3,(H,18,19)(H2,14,15,20). The maximum atomic E-state index is 11.8. The van der Waals surface area contributed by atoms with Crippen molar-refractivity contribution in [1.82, 2.24) is 20.9 Å². The number of piperazine rings is 1. The Bertz CT molecular complexity index is 374. The summed E-state index contributed by atoms with van der Waals surface area (Å²) in [4.78, 5) is 36.1. The molecule has 0 radical (unpaired) electrons. The Balaban J connectivity index is 2.31. The molecule has 0 aromatic rings. The predicted molar refractivity (Wildman–Crippen MR) is 80.4 cm³/mol. The third kappa shape index (κ3) is 6.67. The molecule has 0 saturated carbocycles. The van der Waals surface area contributed by atoms with E-state index in [-0.39, 0.29) is 12.5 Å². The van der Waals surface area contributed by atoms with E-state index in [4.69, 9.17) is 5.11 Å². The minimum absolute atomic E-state index is 0.124. The molecule has 0 bridgehead atoms. The van der Waals surface area contributed by atoms with Crippen LogP contribution in [0.15, 0.2) is 0 Å². The number of urea groups is 1. The van der Waals surface area contributed by atoms with Gasteiger partial charge in [-0.25, -0.2) is 9.59 Å². The van der Waals surface area contributed by atoms with Crippen LogP contribution in [0.5, 0.6) is 0 Å². The van der Waals surface area contributed by atoms with Gasteiger partial charge in [0, 0.05) is 26.2 Å². The molecule has 9 heteroatoms. The average molecular weight is 318 g/mol. The third-order valence-corrected chi connectivity index (χ3v) is 3.73. The van der Waals surface area contributed by atoms with E-state index in [9.17, 15) is 14.4 Å². The molecule has 120 valence electrons. The highest BCUT2D eigenvalue weighted by Gasteiger charge is 2.21. The van der Waals surface area contributed by atoms with E-state index >= 15 is 0 Å². The minimum Gasteiger partial charge on any atom is -0.480 e. The van der Waals surface area contributed by atoms with Crippen LogP contribution in [-0.4, -0.2) is 78.7 Å². The Labute approximate surface area is 128 Å². The highest BCUT2D eigenvalue weighted by Crippen LogP contribution is 2.01. The summed E-state index contributed by atoms with van der Waals surface area (Å²) >= 11 is 1.51. The quantitative estimate of drug-likeness (QED) is 0.475. The monoisotopic (exact) mass is 318 g/mol. The van der Waals surface area contributed by atoms with Gasteiger partial charge in [-0.3, -0.25) is 4.79 Å². The number of carbonyl (C=O) groups excluding carboxylic acids is 2. The summed E-state index contributed by atoms with van der Waals surface area (Å²) in [7, 11) is 0. The van der Waals surface area contributed by atoms with Crippen LogP contribution in [0.1, 0.15) is 6.42 Å². The Morgan fingerprint density at radius 2 is 2.00 bits per heavy atom. The molecule has 1 heterocycles. The summed E-state index contributed by atoms with van der Waals surface area (Å²) in [5, 5.41) is 16.9. The van der Waals surface area contributed by atoms with Gasteiger partial charge in [0.25, 0.3) is 0 Å². The molecule has 3 amide bonds. The van der Waals surface area contributed by atoms with E-state index in [0.29, 0.717) is 25.3 Å². The number of hydrogen-bond acceptors (Lipinski definition) is 5. The molecule has 8 nitrogen and oxygen atoms in total. The lowest BCUT2D eigenvalue weighted by Crippen LogP contribution is -2.52. The number of thioether (sulfide) groups is 1. The molecule has 21 heavy (non-hydrogen) atoms. The van der Waals surface area contributed by atoms with Gasteiger partial charge in [-0.2, -0.15) is 11.8 Å². The van der Waals surface area contributed by atoms with Crippen LogP contribution < -0.4 is 16.0 Å². The van der Waals surface area contributed by atoms with Crippen molar-refractivity contribution in [3.8, 4) is 0 Å². The first kappa shape index (κ1) is 17.6. The molecule has 4 N–H and O–H groups in total. The van der Waals surface area contributed by atoms with Crippen LogP contribution in [0, 0.1) is 0 Å². The van der Waals surface area contributed by atoms with Crippen LogP contribution in [0.25, 0.3) is 0 Å². The lowest BCUT2D eigenvalue weighted by molar-refractivity contribution is -0.139. The van der Waals surface area contributed by atoms with Crippen molar-refractivity contribution in [3.05, 3.63) is 0 Å². The second kappa shape index (κ2) is 9.46. The molecular formula is C12H22N4O4S. The molecule has 0 aliphatic carbocycles. The molecule has 1 unspecified atom stereocenters. The second-order valence-electron chi connectivity index (χ2n) is 4.63. The molecule has 1 atom stereocenters. The fourth-order valence-electron chi connectivity index (χ4n) is 1.88. The first-order valence-corrected chi connectivity index (χ1v) is 8.18. The van der Waals surface area contributed by atoms with Gasteiger partial charge in [0.2, 0.25) is 5.91 Å². The topological polar surface area (TPSA) is 111 Å². The summed E-state index contributed by atoms with van der Waals surface area (Å²) in [5.41, 5.74) is 0. The van der Waals surface area contributed by atoms with Crippen molar-refractivity contribution < 1.29 is 19.5 Å². The summed E-state index contributed by atoms with van der Waals surface area (Å²) in [6, 6.07) is -1.57. The SMILES string of the molecule is CSCCC(NC(=O)NCC(=O)N1CCNCC1)C(=O)O. The summed E-state index contributed by atoms with van der Waals surface area (Å²) in [5.74, 6) is -0.605. The molecule has 1 rings (SSSR count). The Morgan fingerprint density at radius 1 is 1.33 bits per heavy atom. The Kier molecular flexibility index (Phi) is 7.91. The molecule has 1 fully saturated rings. The summed E-state index contributed by atoms with van der Waals surface area (Å²) < 4.78 is 0. The van der Waals surface area contributed by atoms with Gasteiger partial charge >= 0.3 is 12.0 Å². The van der Waals surface area contributed by atoms with Gasteiger partial charge in [-0.15, -0.1) is 0 Å². The smallest absolute Gasteiger partial charge is 0.326 e. The number of nitrogens with one attached hydrogen (secondary N) is 3. The van der Waals surface area contributed by atoms with Crippen LogP contribution in [0.3, 0.4) is 0 Å². The number of hydrogen-bond donors (Lipinski definition) is 4. The number of amides is 3. The molecule has 1 aliphatic rings. The van der Waals surface area contributed by atoms with Gasteiger partial charge in [0.15, 0.2) is 0 Å². The van der Waals surface area contributed by atoms with Gasteiger partial charge < -0.3 is 26.0 Å². The second-order valence-corrected chi connectivity index (χ2v) is 5.62. The van der Waals surface area contributed by atoms with Crippen LogP contribution in [0.4, 0.5) is 4.79 Å². The van der Waals surface area contributed by atoms with Gasteiger partial charge in [0.1, 0.15) is 6.04 Å². The Morgan fingerprint density at radius 3 is 2.57 bits per heavy atom. The van der Waals surface area contributed by atoms with Crippen molar-refractivity contribution in [2.45, 2.75) is 12.5 Å². The fraction of sp³-hybridized carbons (Fsp3) is 0.750. The molecule has 1 aliphatic heterocycles. The molecule has 1 saturated heterocycles. The van der Waals surface area contributed by atoms with E-state index in [2.05, 4.69) is 16.0 Å². The number of carboxylic acid groups (broad SMARTS) is 1. The number of carbonyl (C=O) groups is 3. The van der Waals surface area contributed by atoms with Crippen molar-refractivity contribution in [2.24, 2.45) is 0 Å². The molecule has 0 aromatic carbocycles. The highest BCUT2D eigenvalue weighted by atomic mass is 32.2. The first-order chi connectivity index (χ1) is 10.0. The lowest BCUT2D eigenvalue weighted by atomic mass is 10.2. The van der Waals surface area contributed by atoms with Crippen molar-refractivity contribution >= 4 is 29.7 Å². The van der Waals surface area contributed by atoms with E-state index in [0.717, 1.165) is 13.1 Å². The van der Waals surface area contributed by atoms with Crippen LogP contribution >= 0.6 is 11.8 Å². The molecule has 0 spiro atoms. The normalized spacial score (nSPS) is 16.1. The van der Waals surface area contributed by atoms with Crippen LogP contribution in [-0.2, 0) is 9.59 Å². The largest absolute Gasteiger partial charge is 0.480 e. The average Bonchev–Trinajstić information content (AvgIpc) is 2.49. The van der Waals surface area contributed by atoms with E-state index < -0.39 is 18.0 Å². The lowest BCUT2D eigenvalue weighted by Gasteiger charge is -2.27. The van der Waals surface area contributed by atoms with Crippen molar-refractivity contribution in [2.75, 3.05) is 44.7 Å². The third-order valence-electron chi connectivity index (χ3n) is 3.08. The first-order valence-electron chi connectivity index (χ1n) is 6.79. The molecular weight excluding hydrogens is 296 g/mol.